The van der Waals surface area contributed by atoms with E-state index in [4.69, 9.17) is 28.5 Å². The van der Waals surface area contributed by atoms with Gasteiger partial charge in [0.15, 0.2) is 0 Å². The first-order chi connectivity index (χ1) is 16.9. The van der Waals surface area contributed by atoms with Crippen molar-refractivity contribution >= 4 is 32.3 Å². The number of pyridine rings is 1. The highest BCUT2D eigenvalue weighted by Crippen LogP contribution is 2.36. The zero-order chi connectivity index (χ0) is 25.5. The average Bonchev–Trinajstić information content (AvgIpc) is 3.45. The summed E-state index contributed by atoms with van der Waals surface area (Å²) in [5.74, 6) is 0.825. The Balaban J connectivity index is 0.00000167. The summed E-state index contributed by atoms with van der Waals surface area (Å²) >= 11 is 0. The van der Waals surface area contributed by atoms with E-state index in [0.29, 0.717) is 17.3 Å². The van der Waals surface area contributed by atoms with Gasteiger partial charge in [-0.15, -0.1) is 0 Å². The summed E-state index contributed by atoms with van der Waals surface area (Å²) in [5.41, 5.74) is 2.05. The Morgan fingerprint density at radius 3 is 2.29 bits per heavy atom. The first-order valence-corrected chi connectivity index (χ1v) is 12.1. The molecule has 3 N–H and O–H groups in total. The molecular weight excluding hydrogens is 481 g/mol. The molecule has 0 bridgehead atoms. The van der Waals surface area contributed by atoms with E-state index in [9.17, 15) is 14.7 Å². The Hall–Kier alpha value is -3.02. The molecule has 1 aromatic heterocycles. The molecule has 13 heteroatoms. The third-order valence-electron chi connectivity index (χ3n) is 5.16. The molecule has 2 unspecified atom stereocenters. The minimum Gasteiger partial charge on any atom is -0.495 e. The van der Waals surface area contributed by atoms with Crippen molar-refractivity contribution in [1.29, 1.82) is 0 Å². The predicted octanol–water partition coefficient (Wildman–Crippen LogP) is 2.65. The molecule has 4 rings (SSSR count). The number of benzene rings is 1. The largest absolute Gasteiger partial charge is 0.495 e. The number of anilines is 2. The van der Waals surface area contributed by atoms with E-state index in [1.165, 1.54) is 16.9 Å². The van der Waals surface area contributed by atoms with Crippen LogP contribution in [0.25, 0.3) is 11.1 Å². The lowest BCUT2D eigenvalue weighted by Crippen LogP contribution is -2.26. The summed E-state index contributed by atoms with van der Waals surface area (Å²) in [6, 6.07) is 8.72. The maximum absolute atomic E-state index is 12.1. The van der Waals surface area contributed by atoms with Gasteiger partial charge in [-0.2, -0.15) is 0 Å². The van der Waals surface area contributed by atoms with Gasteiger partial charge in [-0.25, -0.2) is 14.6 Å². The van der Waals surface area contributed by atoms with Crippen molar-refractivity contribution in [2.75, 3.05) is 43.2 Å². The molecular formula is C22H28N3O9P. The molecule has 0 aliphatic carbocycles. The molecule has 0 radical (unpaired) electrons. The van der Waals surface area contributed by atoms with Crippen LogP contribution in [0.15, 0.2) is 36.5 Å². The SMILES string of the molecule is CC.COc1cc(-c2ccc(N3CC(COP(O)O)OC3=O)nc2)ccc1N1CC(CO)OC1=O. The number of carbonyl (C=O) groups excluding carboxylic acids is 2. The van der Waals surface area contributed by atoms with Crippen LogP contribution in [0.2, 0.25) is 0 Å². The van der Waals surface area contributed by atoms with Crippen LogP contribution in [0.3, 0.4) is 0 Å². The first-order valence-electron chi connectivity index (χ1n) is 10.9. The van der Waals surface area contributed by atoms with Crippen LogP contribution in [-0.2, 0) is 14.0 Å². The van der Waals surface area contributed by atoms with Crippen LogP contribution in [-0.4, -0.2) is 77.7 Å². The molecule has 2 aromatic rings. The van der Waals surface area contributed by atoms with Gasteiger partial charge in [0.05, 0.1) is 39.1 Å². The van der Waals surface area contributed by atoms with E-state index in [2.05, 4.69) is 4.98 Å². The molecule has 35 heavy (non-hydrogen) atoms. The van der Waals surface area contributed by atoms with Crippen LogP contribution < -0.4 is 14.5 Å². The van der Waals surface area contributed by atoms with E-state index in [0.717, 1.165) is 11.1 Å². The molecule has 2 aliphatic rings. The topological polar surface area (TPSA) is 151 Å². The Kier molecular flexibility index (Phi) is 9.19. The normalized spacial score (nSPS) is 19.4. The second-order valence-corrected chi connectivity index (χ2v) is 8.02. The standard InChI is InChI=1S/C20H22N3O9P.C2H6/c1-29-17-6-12(2-4-16(17)22-8-14(10-24)31-19(22)25)13-3-5-18(21-7-13)23-9-15(32-20(23)26)11-30-33(27)28;1-2/h2-7,14-15,24,27-28H,8-11H2,1H3;1-2H3. The number of rotatable bonds is 8. The fourth-order valence-corrected chi connectivity index (χ4v) is 3.85. The molecule has 2 aliphatic heterocycles. The Bertz CT molecular complexity index is 1020. The Morgan fingerprint density at radius 1 is 1.03 bits per heavy atom. The van der Waals surface area contributed by atoms with Gasteiger partial charge in [0.2, 0.25) is 0 Å². The Morgan fingerprint density at radius 2 is 1.69 bits per heavy atom. The maximum Gasteiger partial charge on any atom is 0.416 e. The van der Waals surface area contributed by atoms with Gasteiger partial charge in [-0.1, -0.05) is 19.9 Å². The molecule has 0 spiro atoms. The van der Waals surface area contributed by atoms with E-state index >= 15 is 0 Å². The molecule has 3 heterocycles. The molecule has 1 aromatic carbocycles. The molecule has 2 atom stereocenters. The van der Waals surface area contributed by atoms with E-state index in [1.54, 1.807) is 36.5 Å². The van der Waals surface area contributed by atoms with Crippen LogP contribution in [0, 0.1) is 0 Å². The lowest BCUT2D eigenvalue weighted by atomic mass is 10.1. The highest BCUT2D eigenvalue weighted by molar-refractivity contribution is 7.39. The summed E-state index contributed by atoms with van der Waals surface area (Å²) in [6.45, 7) is 3.99. The van der Waals surface area contributed by atoms with Gasteiger partial charge >= 0.3 is 20.8 Å². The van der Waals surface area contributed by atoms with Gasteiger partial charge in [0.25, 0.3) is 0 Å². The van der Waals surface area contributed by atoms with Crippen molar-refractivity contribution in [3.63, 3.8) is 0 Å². The van der Waals surface area contributed by atoms with Crippen LogP contribution in [0.5, 0.6) is 5.75 Å². The number of hydrogen-bond donors (Lipinski definition) is 3. The molecule has 0 saturated carbocycles. The fourth-order valence-electron chi connectivity index (χ4n) is 3.56. The lowest BCUT2D eigenvalue weighted by Gasteiger charge is -2.18. The summed E-state index contributed by atoms with van der Waals surface area (Å²) in [4.78, 5) is 49.0. The van der Waals surface area contributed by atoms with Crippen molar-refractivity contribution in [1.82, 2.24) is 4.98 Å². The number of carbonyl (C=O) groups is 2. The lowest BCUT2D eigenvalue weighted by molar-refractivity contribution is 0.0963. The monoisotopic (exact) mass is 509 g/mol. The zero-order valence-corrected chi connectivity index (χ0v) is 20.4. The summed E-state index contributed by atoms with van der Waals surface area (Å²) < 4.78 is 20.4. The fraction of sp³-hybridized carbons (Fsp3) is 0.409. The van der Waals surface area contributed by atoms with Gasteiger partial charge in [-0.05, 0) is 29.8 Å². The van der Waals surface area contributed by atoms with Crippen LogP contribution in [0.4, 0.5) is 21.1 Å². The van der Waals surface area contributed by atoms with Crippen LogP contribution >= 0.6 is 8.60 Å². The predicted molar refractivity (Wildman–Crippen MR) is 127 cm³/mol. The number of methoxy groups -OCH3 is 1. The third-order valence-corrected chi connectivity index (χ3v) is 5.54. The number of aromatic nitrogens is 1. The number of hydrogen-bond acceptors (Lipinski definition) is 10. The average molecular weight is 509 g/mol. The van der Waals surface area contributed by atoms with Crippen molar-refractivity contribution in [3.05, 3.63) is 36.5 Å². The highest BCUT2D eigenvalue weighted by atomic mass is 31.2. The number of aliphatic hydroxyl groups excluding tert-OH is 1. The van der Waals surface area contributed by atoms with E-state index < -0.39 is 33.0 Å². The molecule has 2 saturated heterocycles. The summed E-state index contributed by atoms with van der Waals surface area (Å²) in [6.07, 6.45) is -0.789. The molecule has 12 nitrogen and oxygen atoms in total. The number of amides is 2. The number of cyclic esters (lactones) is 2. The van der Waals surface area contributed by atoms with Gasteiger partial charge in [0.1, 0.15) is 23.8 Å². The van der Waals surface area contributed by atoms with Crippen molar-refractivity contribution in [2.24, 2.45) is 0 Å². The number of nitrogens with zero attached hydrogens (tertiary/aromatic N) is 3. The van der Waals surface area contributed by atoms with Gasteiger partial charge < -0.3 is 33.6 Å². The number of ether oxygens (including phenoxy) is 3. The van der Waals surface area contributed by atoms with Crippen molar-refractivity contribution in [2.45, 2.75) is 26.1 Å². The first kappa shape index (κ1) is 26.6. The van der Waals surface area contributed by atoms with E-state index in [1.807, 2.05) is 13.8 Å². The summed E-state index contributed by atoms with van der Waals surface area (Å²) in [5, 5.41) is 9.25. The Labute approximate surface area is 203 Å². The van der Waals surface area contributed by atoms with E-state index in [-0.39, 0.29) is 26.3 Å². The zero-order valence-electron chi connectivity index (χ0n) is 19.5. The minimum atomic E-state index is -2.52. The van der Waals surface area contributed by atoms with Gasteiger partial charge in [0, 0.05) is 11.8 Å². The quantitative estimate of drug-likeness (QED) is 0.453. The smallest absolute Gasteiger partial charge is 0.416 e. The van der Waals surface area contributed by atoms with Gasteiger partial charge in [-0.3, -0.25) is 9.80 Å². The molecule has 2 fully saturated rings. The second kappa shape index (κ2) is 12.1. The van der Waals surface area contributed by atoms with Crippen molar-refractivity contribution in [3.8, 4) is 16.9 Å². The molecule has 2 amide bonds. The minimum absolute atomic E-state index is 0.130. The third kappa shape index (κ3) is 6.16. The summed E-state index contributed by atoms with van der Waals surface area (Å²) in [7, 11) is -1.03. The molecule has 190 valence electrons. The maximum atomic E-state index is 12.1. The highest BCUT2D eigenvalue weighted by Gasteiger charge is 2.35. The second-order valence-electron chi connectivity index (χ2n) is 7.26. The van der Waals surface area contributed by atoms with Crippen LogP contribution in [0.1, 0.15) is 13.8 Å². The number of aliphatic hydroxyl groups is 1. The van der Waals surface area contributed by atoms with Crippen molar-refractivity contribution < 1.29 is 43.2 Å².